The number of thioether (sulfide) groups is 2. The summed E-state index contributed by atoms with van der Waals surface area (Å²) < 4.78 is 0. The minimum atomic E-state index is -0.466. The molecule has 1 heterocycles. The summed E-state index contributed by atoms with van der Waals surface area (Å²) in [5.41, 5.74) is 11.5. The fourth-order valence-electron chi connectivity index (χ4n) is 1.21. The van der Waals surface area contributed by atoms with E-state index in [2.05, 4.69) is 15.3 Å². The number of hydrogen-bond donors (Lipinski definition) is 3. The molecule has 0 aliphatic carbocycles. The zero-order valence-corrected chi connectivity index (χ0v) is 13.8. The first-order valence-corrected chi connectivity index (χ1v) is 9.02. The Morgan fingerprint density at radius 2 is 2.43 bits per heavy atom. The van der Waals surface area contributed by atoms with Crippen LogP contribution in [-0.2, 0) is 5.75 Å². The van der Waals surface area contributed by atoms with E-state index in [4.69, 9.17) is 11.5 Å². The third-order valence-corrected chi connectivity index (χ3v) is 4.47. The maximum atomic E-state index is 10.4. The Bertz CT molecular complexity index is 527. The molecule has 0 fully saturated rings. The van der Waals surface area contributed by atoms with Crippen molar-refractivity contribution in [2.45, 2.75) is 5.75 Å². The molecule has 0 radical (unpaired) electrons. The summed E-state index contributed by atoms with van der Waals surface area (Å²) in [7, 11) is 0. The second-order valence-electron chi connectivity index (χ2n) is 3.62. The zero-order chi connectivity index (χ0) is 15.7. The van der Waals surface area contributed by atoms with Gasteiger partial charge in [0.25, 0.3) is 6.20 Å². The lowest BCUT2D eigenvalue weighted by atomic mass is 10.6. The summed E-state index contributed by atoms with van der Waals surface area (Å²) in [5.74, 6) is 1.55. The van der Waals surface area contributed by atoms with Gasteiger partial charge < -0.3 is 16.8 Å². The molecule has 0 atom stereocenters. The van der Waals surface area contributed by atoms with E-state index in [0.29, 0.717) is 16.7 Å². The topological polar surface area (TPSA) is 132 Å². The van der Waals surface area contributed by atoms with Crippen LogP contribution >= 0.6 is 34.9 Å². The molecule has 11 heteroatoms. The first kappa shape index (κ1) is 17.6. The number of rotatable bonds is 9. The van der Waals surface area contributed by atoms with Crippen molar-refractivity contribution >= 4 is 46.0 Å². The van der Waals surface area contributed by atoms with Gasteiger partial charge in [-0.05, 0) is 6.26 Å². The molecular formula is C10H16N6O2S3. The van der Waals surface area contributed by atoms with Crippen molar-refractivity contribution in [3.8, 4) is 0 Å². The molecule has 0 saturated carbocycles. The van der Waals surface area contributed by atoms with Crippen LogP contribution in [0.2, 0.25) is 0 Å². The van der Waals surface area contributed by atoms with Crippen LogP contribution in [0.1, 0.15) is 5.69 Å². The van der Waals surface area contributed by atoms with E-state index in [1.54, 1.807) is 18.0 Å². The minimum Gasteiger partial charge on any atom is -0.374 e. The van der Waals surface area contributed by atoms with Crippen LogP contribution in [0.15, 0.2) is 21.6 Å². The van der Waals surface area contributed by atoms with E-state index in [1.165, 1.54) is 23.1 Å². The van der Waals surface area contributed by atoms with Crippen molar-refractivity contribution in [1.82, 2.24) is 10.3 Å². The maximum absolute atomic E-state index is 10.4. The number of thiazole rings is 1. The number of aliphatic imine (C=N–C) groups is 1. The van der Waals surface area contributed by atoms with Crippen molar-refractivity contribution in [1.29, 1.82) is 0 Å². The molecule has 0 saturated heterocycles. The van der Waals surface area contributed by atoms with Gasteiger partial charge in [-0.2, -0.15) is 16.8 Å². The molecule has 5 N–H and O–H groups in total. The highest BCUT2D eigenvalue weighted by molar-refractivity contribution is 8.02. The lowest BCUT2D eigenvalue weighted by Gasteiger charge is -2.05. The van der Waals surface area contributed by atoms with Gasteiger partial charge in [0.05, 0.1) is 10.6 Å². The van der Waals surface area contributed by atoms with Crippen LogP contribution in [0.4, 0.5) is 5.13 Å². The standard InChI is InChI=1S/C10H16N6O2S3/c1-19-8(4-16(17)18)13-2-3-20-5-7-6-21-10(14-7)15-9(11)12/h4,6,13H,2-3,5H2,1H3,(H4,11,12,14,15)/b8-4-. The Balaban J connectivity index is 2.27. The number of hydrogen-bond acceptors (Lipinski definition) is 8. The van der Waals surface area contributed by atoms with Gasteiger partial charge in [0.1, 0.15) is 5.03 Å². The van der Waals surface area contributed by atoms with Crippen LogP contribution in [0.3, 0.4) is 0 Å². The molecule has 8 nitrogen and oxygen atoms in total. The molecule has 0 spiro atoms. The van der Waals surface area contributed by atoms with Crippen molar-refractivity contribution in [2.75, 3.05) is 18.6 Å². The summed E-state index contributed by atoms with van der Waals surface area (Å²) in [5, 5.41) is 16.4. The first-order chi connectivity index (χ1) is 10.0. The Morgan fingerprint density at radius 1 is 1.67 bits per heavy atom. The number of guanidine groups is 1. The van der Waals surface area contributed by atoms with Gasteiger partial charge in [-0.3, -0.25) is 10.1 Å². The van der Waals surface area contributed by atoms with Crippen LogP contribution in [-0.4, -0.2) is 34.4 Å². The number of nitro groups is 1. The Kier molecular flexibility index (Phi) is 7.93. The van der Waals surface area contributed by atoms with Crippen LogP contribution in [0.25, 0.3) is 0 Å². The highest BCUT2D eigenvalue weighted by atomic mass is 32.2. The SMILES string of the molecule is CS/C(=C\[N+](=O)[O-])NCCSCc1csc(N=C(N)N)n1. The van der Waals surface area contributed by atoms with E-state index >= 15 is 0 Å². The van der Waals surface area contributed by atoms with Crippen LogP contribution in [0.5, 0.6) is 0 Å². The van der Waals surface area contributed by atoms with Gasteiger partial charge in [-0.25, -0.2) is 4.98 Å². The van der Waals surface area contributed by atoms with Crippen LogP contribution < -0.4 is 16.8 Å². The number of nitrogens with zero attached hydrogens (tertiary/aromatic N) is 3. The summed E-state index contributed by atoms with van der Waals surface area (Å²) in [6.45, 7) is 0.649. The molecule has 1 aromatic heterocycles. The third-order valence-electron chi connectivity index (χ3n) is 2.00. The predicted octanol–water partition coefficient (Wildman–Crippen LogP) is 1.31. The van der Waals surface area contributed by atoms with E-state index in [9.17, 15) is 10.1 Å². The Morgan fingerprint density at radius 3 is 3.05 bits per heavy atom. The zero-order valence-electron chi connectivity index (χ0n) is 11.3. The van der Waals surface area contributed by atoms with Gasteiger partial charge in [0, 0.05) is 23.4 Å². The summed E-state index contributed by atoms with van der Waals surface area (Å²) in [4.78, 5) is 18.0. The van der Waals surface area contributed by atoms with Crippen molar-refractivity contribution in [3.05, 3.63) is 32.4 Å². The predicted molar refractivity (Wildman–Crippen MR) is 90.3 cm³/mol. The molecule has 0 aliphatic heterocycles. The lowest BCUT2D eigenvalue weighted by molar-refractivity contribution is -0.403. The number of aromatic nitrogens is 1. The highest BCUT2D eigenvalue weighted by Gasteiger charge is 2.03. The molecule has 0 bridgehead atoms. The lowest BCUT2D eigenvalue weighted by Crippen LogP contribution is -2.21. The summed E-state index contributed by atoms with van der Waals surface area (Å²) >= 11 is 4.37. The summed E-state index contributed by atoms with van der Waals surface area (Å²) in [6, 6.07) is 0. The van der Waals surface area contributed by atoms with E-state index in [-0.39, 0.29) is 5.96 Å². The highest BCUT2D eigenvalue weighted by Crippen LogP contribution is 2.21. The quantitative estimate of drug-likeness (QED) is 0.200. The summed E-state index contributed by atoms with van der Waals surface area (Å²) in [6.07, 6.45) is 2.76. The molecule has 0 unspecified atom stereocenters. The first-order valence-electron chi connectivity index (χ1n) is 5.76. The smallest absolute Gasteiger partial charge is 0.263 e. The van der Waals surface area contributed by atoms with Crippen molar-refractivity contribution < 1.29 is 4.92 Å². The average molecular weight is 348 g/mol. The largest absolute Gasteiger partial charge is 0.374 e. The Labute approximate surface area is 134 Å². The van der Waals surface area contributed by atoms with Gasteiger partial charge in [-0.1, -0.05) is 0 Å². The Hall–Kier alpha value is -1.46. The maximum Gasteiger partial charge on any atom is 0.263 e. The van der Waals surface area contributed by atoms with E-state index in [0.717, 1.165) is 23.4 Å². The monoisotopic (exact) mass is 348 g/mol. The minimum absolute atomic E-state index is 0.00470. The average Bonchev–Trinajstić information content (AvgIpc) is 2.83. The molecule has 0 aliphatic rings. The second-order valence-corrected chi connectivity index (χ2v) is 6.41. The van der Waals surface area contributed by atoms with Gasteiger partial charge in [0.2, 0.25) is 5.13 Å². The number of nitrogens with two attached hydrogens (primary N) is 2. The fraction of sp³-hybridized carbons (Fsp3) is 0.400. The van der Waals surface area contributed by atoms with Crippen LogP contribution in [0, 0.1) is 10.1 Å². The normalized spacial score (nSPS) is 11.2. The molecule has 116 valence electrons. The van der Waals surface area contributed by atoms with Gasteiger partial charge >= 0.3 is 0 Å². The molecule has 1 rings (SSSR count). The molecule has 21 heavy (non-hydrogen) atoms. The van der Waals surface area contributed by atoms with E-state index in [1.807, 2.05) is 5.38 Å². The third kappa shape index (κ3) is 7.78. The molecule has 0 aromatic carbocycles. The molecule has 1 aromatic rings. The van der Waals surface area contributed by atoms with Gasteiger partial charge in [-0.15, -0.1) is 23.1 Å². The molecule has 0 amide bonds. The van der Waals surface area contributed by atoms with Gasteiger partial charge in [0.15, 0.2) is 5.96 Å². The van der Waals surface area contributed by atoms with E-state index < -0.39 is 4.92 Å². The van der Waals surface area contributed by atoms with Crippen molar-refractivity contribution in [2.24, 2.45) is 16.5 Å². The van der Waals surface area contributed by atoms with Crippen molar-refractivity contribution in [3.63, 3.8) is 0 Å². The molecular weight excluding hydrogens is 332 g/mol. The second kappa shape index (κ2) is 9.47. The number of nitrogens with one attached hydrogen (secondary N) is 1. The fourth-order valence-corrected chi connectivity index (χ4v) is 3.21.